The van der Waals surface area contributed by atoms with Gasteiger partial charge in [-0.15, -0.1) is 11.8 Å². The molecule has 110 valence electrons. The molecule has 4 N–H and O–H groups in total. The summed E-state index contributed by atoms with van der Waals surface area (Å²) in [6, 6.07) is 0. The van der Waals surface area contributed by atoms with Crippen molar-refractivity contribution < 1.29 is 15.0 Å². The second-order valence-corrected chi connectivity index (χ2v) is 6.57. The van der Waals surface area contributed by atoms with Gasteiger partial charge in [0.2, 0.25) is 0 Å². The zero-order valence-corrected chi connectivity index (χ0v) is 12.1. The molecule has 0 aromatic carbocycles. The van der Waals surface area contributed by atoms with Crippen LogP contribution in [0.3, 0.4) is 0 Å². The molecule has 0 bridgehead atoms. The maximum atomic E-state index is 11.9. The van der Waals surface area contributed by atoms with Crippen LogP contribution in [0.25, 0.3) is 0 Å². The lowest BCUT2D eigenvalue weighted by atomic mass is 9.83. The third-order valence-electron chi connectivity index (χ3n) is 3.77. The maximum absolute atomic E-state index is 11.9. The van der Waals surface area contributed by atoms with E-state index in [2.05, 4.69) is 4.98 Å². The third kappa shape index (κ3) is 2.29. The van der Waals surface area contributed by atoms with E-state index in [1.807, 2.05) is 0 Å². The molecule has 0 amide bonds. The third-order valence-corrected chi connectivity index (χ3v) is 5.47. The summed E-state index contributed by atoms with van der Waals surface area (Å²) in [6.07, 6.45) is 1.84. The van der Waals surface area contributed by atoms with Crippen molar-refractivity contribution in [2.45, 2.75) is 30.9 Å². The van der Waals surface area contributed by atoms with E-state index >= 15 is 0 Å². The molecule has 0 unspecified atom stereocenters. The van der Waals surface area contributed by atoms with Gasteiger partial charge < -0.3 is 15.9 Å². The van der Waals surface area contributed by atoms with Crippen molar-refractivity contribution in [3.05, 3.63) is 22.2 Å². The summed E-state index contributed by atoms with van der Waals surface area (Å²) < 4.78 is 1.40. The molecule has 2 rings (SSSR count). The average Bonchev–Trinajstić information content (AvgIpc) is 2.72. The fourth-order valence-electron chi connectivity index (χ4n) is 2.30. The van der Waals surface area contributed by atoms with E-state index in [1.54, 1.807) is 20.0 Å². The zero-order valence-electron chi connectivity index (χ0n) is 11.2. The number of carboxylic acids is 1. The second kappa shape index (κ2) is 5.10. The first-order valence-corrected chi connectivity index (χ1v) is 7.09. The Morgan fingerprint density at radius 2 is 2.35 bits per heavy atom. The number of hydrogen-bond donors (Lipinski definition) is 3. The Kier molecular flexibility index (Phi) is 3.79. The minimum atomic E-state index is -1.07. The Morgan fingerprint density at radius 3 is 2.85 bits per heavy atom. The first kappa shape index (κ1) is 14.9. The van der Waals surface area contributed by atoms with Gasteiger partial charge in [-0.2, -0.15) is 4.98 Å². The van der Waals surface area contributed by atoms with Gasteiger partial charge in [-0.05, 0) is 20.3 Å². The van der Waals surface area contributed by atoms with Crippen LogP contribution in [0.5, 0.6) is 0 Å². The molecule has 3 atom stereocenters. The molecule has 8 heteroatoms. The molecule has 0 radical (unpaired) electrons. The maximum Gasteiger partial charge on any atom is 0.350 e. The van der Waals surface area contributed by atoms with Crippen LogP contribution in [0, 0.1) is 12.3 Å². The molecule has 0 aliphatic carbocycles. The fraction of sp³-hybridized carbons (Fsp3) is 0.583. The molecular weight excluding hydrogens is 282 g/mol. The van der Waals surface area contributed by atoms with E-state index in [-0.39, 0.29) is 24.2 Å². The number of aliphatic hydroxyl groups is 1. The number of aromatic nitrogens is 2. The summed E-state index contributed by atoms with van der Waals surface area (Å²) in [5.41, 5.74) is 4.67. The predicted molar refractivity (Wildman–Crippen MR) is 75.5 cm³/mol. The van der Waals surface area contributed by atoms with Gasteiger partial charge in [-0.1, -0.05) is 0 Å². The summed E-state index contributed by atoms with van der Waals surface area (Å²) in [4.78, 5) is 27.1. The number of nitrogen functional groups attached to an aromatic ring is 1. The number of aliphatic hydroxyl groups excluding tert-OH is 1. The monoisotopic (exact) mass is 299 g/mol. The minimum absolute atomic E-state index is 0.175. The van der Waals surface area contributed by atoms with Crippen molar-refractivity contribution in [3.63, 3.8) is 0 Å². The van der Waals surface area contributed by atoms with Crippen molar-refractivity contribution in [1.29, 1.82) is 0 Å². The van der Waals surface area contributed by atoms with Gasteiger partial charge in [0.15, 0.2) is 0 Å². The molecule has 1 aromatic rings. The molecule has 1 aliphatic heterocycles. The van der Waals surface area contributed by atoms with Crippen LogP contribution < -0.4 is 11.4 Å². The molecule has 2 heterocycles. The Bertz CT molecular complexity index is 603. The number of carbonyl (C=O) groups is 1. The molecule has 1 fully saturated rings. The highest BCUT2D eigenvalue weighted by Gasteiger charge is 2.50. The number of hydrogen-bond acceptors (Lipinski definition) is 6. The number of aryl methyl sites for hydroxylation is 1. The van der Waals surface area contributed by atoms with E-state index in [4.69, 9.17) is 5.73 Å². The molecule has 1 aromatic heterocycles. The number of nitrogens with two attached hydrogens (primary N) is 1. The number of rotatable bonds is 3. The Balaban J connectivity index is 2.40. The number of anilines is 1. The number of carboxylic acid groups (broad SMARTS) is 1. The largest absolute Gasteiger partial charge is 0.481 e. The van der Waals surface area contributed by atoms with Crippen LogP contribution >= 0.6 is 11.8 Å². The van der Waals surface area contributed by atoms with Gasteiger partial charge in [0.25, 0.3) is 0 Å². The van der Waals surface area contributed by atoms with Crippen LogP contribution in [-0.4, -0.2) is 37.6 Å². The molecule has 0 spiro atoms. The number of aliphatic carboxylic acids is 1. The van der Waals surface area contributed by atoms with Gasteiger partial charge in [0.1, 0.15) is 5.82 Å². The number of nitrogens with zero attached hydrogens (tertiary/aromatic N) is 2. The quantitative estimate of drug-likeness (QED) is 0.730. The normalized spacial score (nSPS) is 29.6. The lowest BCUT2D eigenvalue weighted by Gasteiger charge is -2.23. The van der Waals surface area contributed by atoms with Crippen LogP contribution in [-0.2, 0) is 4.79 Å². The van der Waals surface area contributed by atoms with Gasteiger partial charge in [0.05, 0.1) is 17.4 Å². The molecule has 1 aliphatic rings. The van der Waals surface area contributed by atoms with Gasteiger partial charge in [0, 0.05) is 17.0 Å². The van der Waals surface area contributed by atoms with Crippen molar-refractivity contribution in [1.82, 2.24) is 9.55 Å². The van der Waals surface area contributed by atoms with E-state index < -0.39 is 22.3 Å². The smallest absolute Gasteiger partial charge is 0.350 e. The molecule has 0 saturated carbocycles. The molecule has 7 nitrogen and oxygen atoms in total. The SMILES string of the molecule is Cc1cn([C@H]2C[C@](C)(C(=O)O)[C@H](CO)S2)c(=O)nc1N. The lowest BCUT2D eigenvalue weighted by Crippen LogP contribution is -2.36. The summed E-state index contributed by atoms with van der Waals surface area (Å²) in [5, 5.41) is 17.9. The highest BCUT2D eigenvalue weighted by molar-refractivity contribution is 8.00. The summed E-state index contributed by atoms with van der Waals surface area (Å²) in [6.45, 7) is 3.07. The molecule has 1 saturated heterocycles. The summed E-state index contributed by atoms with van der Waals surface area (Å²) in [7, 11) is 0. The van der Waals surface area contributed by atoms with Crippen molar-refractivity contribution in [2.75, 3.05) is 12.3 Å². The molecule has 20 heavy (non-hydrogen) atoms. The van der Waals surface area contributed by atoms with Crippen molar-refractivity contribution in [3.8, 4) is 0 Å². The topological polar surface area (TPSA) is 118 Å². The highest BCUT2D eigenvalue weighted by atomic mass is 32.2. The van der Waals surface area contributed by atoms with Crippen molar-refractivity contribution in [2.24, 2.45) is 5.41 Å². The Morgan fingerprint density at radius 1 is 1.70 bits per heavy atom. The highest BCUT2D eigenvalue weighted by Crippen LogP contribution is 2.52. The first-order valence-electron chi connectivity index (χ1n) is 6.14. The van der Waals surface area contributed by atoms with Crippen LogP contribution in [0.15, 0.2) is 11.0 Å². The van der Waals surface area contributed by atoms with Gasteiger partial charge >= 0.3 is 11.7 Å². The van der Waals surface area contributed by atoms with Crippen LogP contribution in [0.4, 0.5) is 5.82 Å². The van der Waals surface area contributed by atoms with Crippen molar-refractivity contribution >= 4 is 23.5 Å². The Labute approximate surface area is 119 Å². The minimum Gasteiger partial charge on any atom is -0.481 e. The van der Waals surface area contributed by atoms with Crippen LogP contribution in [0.1, 0.15) is 24.3 Å². The van der Waals surface area contributed by atoms with Gasteiger partial charge in [-0.3, -0.25) is 9.36 Å². The summed E-state index contributed by atoms with van der Waals surface area (Å²) >= 11 is 1.28. The lowest BCUT2D eigenvalue weighted by molar-refractivity contribution is -0.148. The van der Waals surface area contributed by atoms with E-state index in [9.17, 15) is 19.8 Å². The predicted octanol–water partition coefficient (Wildman–Crippen LogP) is 0.221. The van der Waals surface area contributed by atoms with Crippen LogP contribution in [0.2, 0.25) is 0 Å². The average molecular weight is 299 g/mol. The number of thioether (sulfide) groups is 1. The zero-order chi connectivity index (χ0) is 15.1. The summed E-state index contributed by atoms with van der Waals surface area (Å²) in [5.74, 6) is -0.798. The second-order valence-electron chi connectivity index (χ2n) is 5.19. The first-order chi connectivity index (χ1) is 9.29. The fourth-order valence-corrected chi connectivity index (χ4v) is 3.99. The molecular formula is C12H17N3O4S. The van der Waals surface area contributed by atoms with Gasteiger partial charge in [-0.25, -0.2) is 4.79 Å². The van der Waals surface area contributed by atoms with E-state index in [0.29, 0.717) is 5.56 Å². The standard InChI is InChI=1S/C12H17N3O4S/c1-6-4-15(11(19)14-9(6)13)8-3-12(2,10(17)18)7(5-16)20-8/h4,7-8,16H,3,5H2,1-2H3,(H,17,18)(H2,13,14,19)/t7-,8+,12-/m0/s1. The Hall–Kier alpha value is -1.54. The van der Waals surface area contributed by atoms with E-state index in [1.165, 1.54) is 16.3 Å². The van der Waals surface area contributed by atoms with E-state index in [0.717, 1.165) is 0 Å².